The molecule has 1 aromatic carbocycles. The Morgan fingerprint density at radius 2 is 2.00 bits per heavy atom. The maximum absolute atomic E-state index is 12.3. The number of hydrogen-bond acceptors (Lipinski definition) is 6. The number of rotatable bonds is 8. The van der Waals surface area contributed by atoms with E-state index < -0.39 is 6.04 Å². The molecule has 0 fully saturated rings. The Morgan fingerprint density at radius 3 is 2.65 bits per heavy atom. The molecule has 26 heavy (non-hydrogen) atoms. The van der Waals surface area contributed by atoms with Gasteiger partial charge in [0.1, 0.15) is 13.2 Å². The predicted molar refractivity (Wildman–Crippen MR) is 107 cm³/mol. The van der Waals surface area contributed by atoms with Crippen LogP contribution in [0.15, 0.2) is 18.2 Å². The number of hydrogen-bond donors (Lipinski definition) is 2. The van der Waals surface area contributed by atoms with Gasteiger partial charge in [0.2, 0.25) is 11.8 Å². The van der Waals surface area contributed by atoms with E-state index in [4.69, 9.17) is 15.2 Å². The quantitative estimate of drug-likeness (QED) is 0.686. The van der Waals surface area contributed by atoms with Crippen molar-refractivity contribution in [1.29, 1.82) is 0 Å². The van der Waals surface area contributed by atoms with Gasteiger partial charge in [0.25, 0.3) is 0 Å². The summed E-state index contributed by atoms with van der Waals surface area (Å²) in [6, 6.07) is 4.64. The highest BCUT2D eigenvalue weighted by atomic mass is 35.5. The number of amides is 2. The number of carbonyl (C=O) groups is 2. The molecule has 0 unspecified atom stereocenters. The van der Waals surface area contributed by atoms with E-state index in [9.17, 15) is 9.59 Å². The summed E-state index contributed by atoms with van der Waals surface area (Å²) in [7, 11) is 0. The minimum absolute atomic E-state index is 0. The SMILES string of the molecule is CCN(CC(=O)Nc1ccc2c(c1)OCCO2)C(=O)[C@@H](N)CCSC.Cl. The molecule has 1 aliphatic heterocycles. The molecule has 0 radical (unpaired) electrons. The molecule has 1 atom stereocenters. The highest BCUT2D eigenvalue weighted by molar-refractivity contribution is 7.98. The summed E-state index contributed by atoms with van der Waals surface area (Å²) < 4.78 is 10.9. The van der Waals surface area contributed by atoms with Crippen molar-refractivity contribution in [2.45, 2.75) is 19.4 Å². The molecule has 0 spiro atoms. The second kappa shape index (κ2) is 11.2. The Bertz CT molecular complexity index is 618. The lowest BCUT2D eigenvalue weighted by atomic mass is 10.2. The Kier molecular flexibility index (Phi) is 9.61. The van der Waals surface area contributed by atoms with E-state index in [1.807, 2.05) is 13.2 Å². The van der Waals surface area contributed by atoms with Crippen LogP contribution in [0.3, 0.4) is 0 Å². The third kappa shape index (κ3) is 6.26. The molecule has 2 rings (SSSR count). The normalized spacial score (nSPS) is 13.3. The molecule has 146 valence electrons. The molecule has 2 amide bonds. The standard InChI is InChI=1S/C17H25N3O4S.ClH/c1-3-20(17(22)13(18)6-9-25-2)11-16(21)19-12-4-5-14-15(10-12)24-8-7-23-14;/h4-5,10,13H,3,6-9,11,18H2,1-2H3,(H,19,21);1H/t13-;/m0./s1. The molecule has 3 N–H and O–H groups in total. The van der Waals surface area contributed by atoms with Crippen molar-refractivity contribution >= 4 is 41.7 Å². The monoisotopic (exact) mass is 403 g/mol. The van der Waals surface area contributed by atoms with Gasteiger partial charge in [0, 0.05) is 18.3 Å². The van der Waals surface area contributed by atoms with Gasteiger partial charge < -0.3 is 25.4 Å². The first kappa shape index (κ1) is 22.4. The maximum atomic E-state index is 12.3. The largest absolute Gasteiger partial charge is 0.486 e. The van der Waals surface area contributed by atoms with Gasteiger partial charge in [-0.3, -0.25) is 9.59 Å². The van der Waals surface area contributed by atoms with Crippen LogP contribution in [0.25, 0.3) is 0 Å². The summed E-state index contributed by atoms with van der Waals surface area (Å²) in [5.41, 5.74) is 6.52. The lowest BCUT2D eigenvalue weighted by Crippen LogP contribution is -2.46. The first-order valence-electron chi connectivity index (χ1n) is 8.28. The number of fused-ring (bicyclic) bond motifs is 1. The van der Waals surface area contributed by atoms with Crippen molar-refractivity contribution < 1.29 is 19.1 Å². The second-order valence-electron chi connectivity index (χ2n) is 5.65. The molecule has 0 saturated carbocycles. The van der Waals surface area contributed by atoms with Gasteiger partial charge in [0.15, 0.2) is 11.5 Å². The van der Waals surface area contributed by atoms with Crippen LogP contribution in [0.5, 0.6) is 11.5 Å². The van der Waals surface area contributed by atoms with Crippen LogP contribution in [0.2, 0.25) is 0 Å². The number of halogens is 1. The molecule has 1 aromatic rings. The molecule has 1 heterocycles. The van der Waals surface area contributed by atoms with Gasteiger partial charge in [-0.05, 0) is 37.5 Å². The van der Waals surface area contributed by atoms with E-state index in [1.165, 1.54) is 4.90 Å². The average molecular weight is 404 g/mol. The van der Waals surface area contributed by atoms with Crippen LogP contribution < -0.4 is 20.5 Å². The zero-order valence-electron chi connectivity index (χ0n) is 15.0. The van der Waals surface area contributed by atoms with Crippen LogP contribution in [-0.2, 0) is 9.59 Å². The van der Waals surface area contributed by atoms with E-state index in [2.05, 4.69) is 5.32 Å². The van der Waals surface area contributed by atoms with Crippen LogP contribution in [-0.4, -0.2) is 61.1 Å². The molecule has 0 bridgehead atoms. The van der Waals surface area contributed by atoms with Crippen molar-refractivity contribution in [3.05, 3.63) is 18.2 Å². The number of carbonyl (C=O) groups excluding carboxylic acids is 2. The topological polar surface area (TPSA) is 93.9 Å². The number of nitrogens with two attached hydrogens (primary N) is 1. The highest BCUT2D eigenvalue weighted by Crippen LogP contribution is 2.32. The molecule has 7 nitrogen and oxygen atoms in total. The molecule has 1 aliphatic rings. The van der Waals surface area contributed by atoms with Crippen LogP contribution in [0.4, 0.5) is 5.69 Å². The van der Waals surface area contributed by atoms with Crippen LogP contribution >= 0.6 is 24.2 Å². The lowest BCUT2D eigenvalue weighted by molar-refractivity contribution is -0.135. The predicted octanol–water partition coefficient (Wildman–Crippen LogP) is 1.75. The summed E-state index contributed by atoms with van der Waals surface area (Å²) in [5, 5.41) is 2.78. The number of anilines is 1. The van der Waals surface area contributed by atoms with Crippen LogP contribution in [0.1, 0.15) is 13.3 Å². The van der Waals surface area contributed by atoms with Gasteiger partial charge in [0.05, 0.1) is 12.6 Å². The highest BCUT2D eigenvalue weighted by Gasteiger charge is 2.22. The van der Waals surface area contributed by atoms with Gasteiger partial charge in [-0.15, -0.1) is 12.4 Å². The van der Waals surface area contributed by atoms with Crippen molar-refractivity contribution in [1.82, 2.24) is 4.90 Å². The summed E-state index contributed by atoms with van der Waals surface area (Å²) in [6.45, 7) is 3.23. The third-order valence-corrected chi connectivity index (χ3v) is 4.45. The Balaban J connectivity index is 0.00000338. The molecule has 9 heteroatoms. The van der Waals surface area contributed by atoms with Crippen molar-refractivity contribution in [2.24, 2.45) is 5.73 Å². The first-order chi connectivity index (χ1) is 12.0. The fourth-order valence-corrected chi connectivity index (χ4v) is 2.93. The average Bonchev–Trinajstić information content (AvgIpc) is 2.63. The van der Waals surface area contributed by atoms with Gasteiger partial charge in [-0.2, -0.15) is 11.8 Å². The van der Waals surface area contributed by atoms with Crippen molar-refractivity contribution in [2.75, 3.05) is 43.6 Å². The van der Waals surface area contributed by atoms with Gasteiger partial charge in [-0.1, -0.05) is 0 Å². The maximum Gasteiger partial charge on any atom is 0.243 e. The molecule has 0 saturated heterocycles. The summed E-state index contributed by atoms with van der Waals surface area (Å²) in [6.07, 6.45) is 2.57. The Hall–Kier alpha value is -1.64. The minimum Gasteiger partial charge on any atom is -0.486 e. The smallest absolute Gasteiger partial charge is 0.243 e. The minimum atomic E-state index is -0.575. The lowest BCUT2D eigenvalue weighted by Gasteiger charge is -2.24. The summed E-state index contributed by atoms with van der Waals surface area (Å²) in [5.74, 6) is 1.60. The fourth-order valence-electron chi connectivity index (χ4n) is 2.44. The zero-order valence-corrected chi connectivity index (χ0v) is 16.7. The third-order valence-electron chi connectivity index (χ3n) is 3.80. The van der Waals surface area contributed by atoms with Crippen LogP contribution in [0, 0.1) is 0 Å². The number of thioether (sulfide) groups is 1. The number of nitrogens with zero attached hydrogens (tertiary/aromatic N) is 1. The number of nitrogens with one attached hydrogen (secondary N) is 1. The Morgan fingerprint density at radius 1 is 1.31 bits per heavy atom. The second-order valence-corrected chi connectivity index (χ2v) is 6.63. The van der Waals surface area contributed by atoms with E-state index in [0.29, 0.717) is 43.4 Å². The molecular formula is C17H26ClN3O4S. The van der Waals surface area contributed by atoms with E-state index in [-0.39, 0.29) is 30.8 Å². The van der Waals surface area contributed by atoms with E-state index in [0.717, 1.165) is 5.75 Å². The zero-order chi connectivity index (χ0) is 18.2. The van der Waals surface area contributed by atoms with Gasteiger partial charge in [-0.25, -0.2) is 0 Å². The number of benzene rings is 1. The van der Waals surface area contributed by atoms with E-state index in [1.54, 1.807) is 30.0 Å². The molecular weight excluding hydrogens is 378 g/mol. The van der Waals surface area contributed by atoms with E-state index >= 15 is 0 Å². The summed E-state index contributed by atoms with van der Waals surface area (Å²) >= 11 is 1.64. The summed E-state index contributed by atoms with van der Waals surface area (Å²) in [4.78, 5) is 26.1. The fraction of sp³-hybridized carbons (Fsp3) is 0.529. The first-order valence-corrected chi connectivity index (χ1v) is 9.67. The van der Waals surface area contributed by atoms with Crippen molar-refractivity contribution in [3.8, 4) is 11.5 Å². The number of ether oxygens (including phenoxy) is 2. The van der Waals surface area contributed by atoms with Crippen molar-refractivity contribution in [3.63, 3.8) is 0 Å². The molecule has 0 aromatic heterocycles. The Labute approximate surface area is 164 Å². The molecule has 0 aliphatic carbocycles. The van der Waals surface area contributed by atoms with Gasteiger partial charge >= 0.3 is 0 Å². The number of likely N-dealkylation sites (N-methyl/N-ethyl adjacent to an activating group) is 1.